The van der Waals surface area contributed by atoms with Crippen molar-refractivity contribution in [2.45, 2.75) is 45.3 Å². The van der Waals surface area contributed by atoms with Gasteiger partial charge in [0.2, 0.25) is 5.89 Å². The third-order valence-electron chi connectivity index (χ3n) is 2.87. The molecule has 1 N–H and O–H groups in total. The summed E-state index contributed by atoms with van der Waals surface area (Å²) in [6.07, 6.45) is 3.78. The summed E-state index contributed by atoms with van der Waals surface area (Å²) in [7, 11) is 0. The maximum atomic E-state index is 9.39. The Bertz CT molecular complexity index is 327. The van der Waals surface area contributed by atoms with Crippen molar-refractivity contribution in [3.05, 3.63) is 11.7 Å². The molecule has 1 aromatic heterocycles. The summed E-state index contributed by atoms with van der Waals surface area (Å²) in [6.45, 7) is 4.43. The Morgan fingerprint density at radius 2 is 2.44 bits per heavy atom. The Kier molecular flexibility index (Phi) is 3.90. The second kappa shape index (κ2) is 5.41. The largest absolute Gasteiger partial charge is 0.392 e. The smallest absolute Gasteiger partial charge is 0.240 e. The van der Waals surface area contributed by atoms with Crippen LogP contribution in [0.1, 0.15) is 37.9 Å². The average molecular weight is 225 g/mol. The molecule has 1 saturated heterocycles. The van der Waals surface area contributed by atoms with E-state index in [0.29, 0.717) is 19.0 Å². The van der Waals surface area contributed by atoms with Crippen LogP contribution in [0.25, 0.3) is 0 Å². The summed E-state index contributed by atoms with van der Waals surface area (Å²) in [6, 6.07) is 0. The van der Waals surface area contributed by atoms with Crippen molar-refractivity contribution in [3.63, 3.8) is 0 Å². The third-order valence-corrected chi connectivity index (χ3v) is 2.87. The molecule has 0 spiro atoms. The van der Waals surface area contributed by atoms with Gasteiger partial charge in [0, 0.05) is 19.5 Å². The molecule has 16 heavy (non-hydrogen) atoms. The highest BCUT2D eigenvalue weighted by Crippen LogP contribution is 2.12. The van der Waals surface area contributed by atoms with Gasteiger partial charge in [0.15, 0.2) is 5.82 Å². The predicted molar refractivity (Wildman–Crippen MR) is 58.8 cm³/mol. The van der Waals surface area contributed by atoms with Crippen LogP contribution in [0.3, 0.4) is 0 Å². The topological polar surface area (TPSA) is 62.4 Å². The van der Waals surface area contributed by atoms with Crippen molar-refractivity contribution >= 4 is 0 Å². The van der Waals surface area contributed by atoms with Gasteiger partial charge in [0.1, 0.15) is 0 Å². The van der Waals surface area contributed by atoms with E-state index >= 15 is 0 Å². The van der Waals surface area contributed by atoms with Gasteiger partial charge in [-0.3, -0.25) is 4.90 Å². The van der Waals surface area contributed by atoms with E-state index in [9.17, 15) is 5.11 Å². The van der Waals surface area contributed by atoms with Crippen LogP contribution in [0.15, 0.2) is 4.52 Å². The molecule has 2 rings (SSSR count). The van der Waals surface area contributed by atoms with Crippen LogP contribution in [0.4, 0.5) is 0 Å². The van der Waals surface area contributed by atoms with Crippen LogP contribution in [0.5, 0.6) is 0 Å². The molecule has 1 aliphatic rings. The lowest BCUT2D eigenvalue weighted by Crippen LogP contribution is -2.21. The number of likely N-dealkylation sites (tertiary alicyclic amines) is 1. The fraction of sp³-hybridized carbons (Fsp3) is 0.818. The van der Waals surface area contributed by atoms with Crippen molar-refractivity contribution in [1.29, 1.82) is 0 Å². The summed E-state index contributed by atoms with van der Waals surface area (Å²) < 4.78 is 5.17. The zero-order valence-electron chi connectivity index (χ0n) is 9.72. The fourth-order valence-electron chi connectivity index (χ4n) is 1.94. The summed E-state index contributed by atoms with van der Waals surface area (Å²) >= 11 is 0. The fourth-order valence-corrected chi connectivity index (χ4v) is 1.94. The minimum absolute atomic E-state index is 0.192. The van der Waals surface area contributed by atoms with E-state index in [1.54, 1.807) is 0 Å². The molecule has 0 radical (unpaired) electrons. The van der Waals surface area contributed by atoms with Gasteiger partial charge in [0.25, 0.3) is 0 Å². The second-order valence-electron chi connectivity index (χ2n) is 4.39. The number of aromatic nitrogens is 2. The molecule has 0 bridgehead atoms. The third kappa shape index (κ3) is 3.02. The first kappa shape index (κ1) is 11.5. The predicted octanol–water partition coefficient (Wildman–Crippen LogP) is 0.979. The van der Waals surface area contributed by atoms with Gasteiger partial charge in [-0.15, -0.1) is 0 Å². The standard InChI is InChI=1S/C11H19N3O2/c1-2-3-4-10-12-11(16-13-10)8-14-6-5-9(15)7-14/h9,15H,2-8H2,1H3/t9-/m0/s1. The molecular weight excluding hydrogens is 206 g/mol. The van der Waals surface area contributed by atoms with Crippen LogP contribution in [-0.2, 0) is 13.0 Å². The normalized spacial score (nSPS) is 21.8. The van der Waals surface area contributed by atoms with Gasteiger partial charge in [0.05, 0.1) is 12.6 Å². The Hall–Kier alpha value is -0.940. The number of rotatable bonds is 5. The number of aryl methyl sites for hydroxylation is 1. The lowest BCUT2D eigenvalue weighted by molar-refractivity contribution is 0.169. The van der Waals surface area contributed by atoms with E-state index < -0.39 is 0 Å². The molecular formula is C11H19N3O2. The number of hydrogen-bond acceptors (Lipinski definition) is 5. The molecule has 90 valence electrons. The SMILES string of the molecule is CCCCc1noc(CN2CC[C@H](O)C2)n1. The lowest BCUT2D eigenvalue weighted by atomic mass is 10.2. The van der Waals surface area contributed by atoms with Gasteiger partial charge in [-0.1, -0.05) is 18.5 Å². The van der Waals surface area contributed by atoms with Crippen molar-refractivity contribution in [1.82, 2.24) is 15.0 Å². The molecule has 1 aliphatic heterocycles. The van der Waals surface area contributed by atoms with Gasteiger partial charge in [-0.05, 0) is 12.8 Å². The number of aliphatic hydroxyl groups is 1. The van der Waals surface area contributed by atoms with Crippen LogP contribution in [-0.4, -0.2) is 39.3 Å². The first-order valence-corrected chi connectivity index (χ1v) is 6.00. The van der Waals surface area contributed by atoms with Crippen LogP contribution >= 0.6 is 0 Å². The van der Waals surface area contributed by atoms with Gasteiger partial charge in [-0.25, -0.2) is 0 Å². The number of aliphatic hydroxyl groups excluding tert-OH is 1. The van der Waals surface area contributed by atoms with Gasteiger partial charge < -0.3 is 9.63 Å². The first-order chi connectivity index (χ1) is 7.78. The zero-order chi connectivity index (χ0) is 11.4. The van der Waals surface area contributed by atoms with E-state index in [1.165, 1.54) is 0 Å². The maximum absolute atomic E-state index is 9.39. The van der Waals surface area contributed by atoms with Crippen molar-refractivity contribution in [2.24, 2.45) is 0 Å². The minimum atomic E-state index is -0.192. The number of β-amino-alcohol motifs (C(OH)–C–C–N with tert-alkyl or cyclic N) is 1. The van der Waals surface area contributed by atoms with Crippen molar-refractivity contribution in [2.75, 3.05) is 13.1 Å². The lowest BCUT2D eigenvalue weighted by Gasteiger charge is -2.10. The van der Waals surface area contributed by atoms with E-state index in [-0.39, 0.29) is 6.10 Å². The second-order valence-corrected chi connectivity index (χ2v) is 4.39. The molecule has 5 heteroatoms. The molecule has 0 amide bonds. The van der Waals surface area contributed by atoms with Crippen molar-refractivity contribution < 1.29 is 9.63 Å². The summed E-state index contributed by atoms with van der Waals surface area (Å²) in [5.41, 5.74) is 0. The molecule has 2 heterocycles. The molecule has 0 aromatic carbocycles. The molecule has 1 fully saturated rings. The van der Waals surface area contributed by atoms with E-state index in [2.05, 4.69) is 22.0 Å². The number of unbranched alkanes of at least 4 members (excludes halogenated alkanes) is 1. The van der Waals surface area contributed by atoms with Gasteiger partial charge in [-0.2, -0.15) is 4.98 Å². The Morgan fingerprint density at radius 1 is 1.56 bits per heavy atom. The summed E-state index contributed by atoms with van der Waals surface area (Å²) in [5.74, 6) is 1.47. The summed E-state index contributed by atoms with van der Waals surface area (Å²) in [5, 5.41) is 13.3. The van der Waals surface area contributed by atoms with Crippen LogP contribution in [0.2, 0.25) is 0 Å². The van der Waals surface area contributed by atoms with Crippen molar-refractivity contribution in [3.8, 4) is 0 Å². The average Bonchev–Trinajstić information content (AvgIpc) is 2.86. The molecule has 0 saturated carbocycles. The molecule has 5 nitrogen and oxygen atoms in total. The molecule has 1 aromatic rings. The van der Waals surface area contributed by atoms with E-state index in [0.717, 1.165) is 38.1 Å². The van der Waals surface area contributed by atoms with Gasteiger partial charge >= 0.3 is 0 Å². The highest BCUT2D eigenvalue weighted by atomic mass is 16.5. The maximum Gasteiger partial charge on any atom is 0.240 e. The molecule has 0 aliphatic carbocycles. The number of nitrogens with zero attached hydrogens (tertiary/aromatic N) is 3. The van der Waals surface area contributed by atoms with Crippen LogP contribution in [0, 0.1) is 0 Å². The monoisotopic (exact) mass is 225 g/mol. The zero-order valence-corrected chi connectivity index (χ0v) is 9.72. The Morgan fingerprint density at radius 3 is 3.12 bits per heavy atom. The number of hydrogen-bond donors (Lipinski definition) is 1. The van der Waals surface area contributed by atoms with E-state index in [1.807, 2.05) is 0 Å². The molecule has 1 atom stereocenters. The minimum Gasteiger partial charge on any atom is -0.392 e. The Labute approximate surface area is 95.4 Å². The van der Waals surface area contributed by atoms with Crippen LogP contribution < -0.4 is 0 Å². The Balaban J connectivity index is 1.83. The highest BCUT2D eigenvalue weighted by molar-refractivity contribution is 4.88. The summed E-state index contributed by atoms with van der Waals surface area (Å²) in [4.78, 5) is 6.48. The molecule has 0 unspecified atom stereocenters. The van der Waals surface area contributed by atoms with E-state index in [4.69, 9.17) is 4.52 Å². The first-order valence-electron chi connectivity index (χ1n) is 6.00. The quantitative estimate of drug-likeness (QED) is 0.809. The highest BCUT2D eigenvalue weighted by Gasteiger charge is 2.21.